The number of rotatable bonds is 2. The molecular formula is C10H16ClNO2. The van der Waals surface area contributed by atoms with Crippen LogP contribution in [0.3, 0.4) is 0 Å². The Morgan fingerprint density at radius 1 is 1.21 bits per heavy atom. The molecule has 1 rings (SSSR count). The third-order valence-electron chi connectivity index (χ3n) is 2.24. The van der Waals surface area contributed by atoms with E-state index in [0.717, 1.165) is 5.56 Å². The fourth-order valence-electron chi connectivity index (χ4n) is 1.15. The molecule has 80 valence electrons. The number of phenols is 2. The Labute approximate surface area is 90.4 Å². The van der Waals surface area contributed by atoms with Crippen LogP contribution in [0.25, 0.3) is 0 Å². The van der Waals surface area contributed by atoms with Crippen molar-refractivity contribution in [3.8, 4) is 11.5 Å². The lowest BCUT2D eigenvalue weighted by Gasteiger charge is -2.21. The second-order valence-corrected chi connectivity index (χ2v) is 3.38. The third kappa shape index (κ3) is 2.79. The Morgan fingerprint density at radius 3 is 2.29 bits per heavy atom. The third-order valence-corrected chi connectivity index (χ3v) is 2.24. The molecule has 14 heavy (non-hydrogen) atoms. The van der Waals surface area contributed by atoms with Gasteiger partial charge in [0, 0.05) is 11.6 Å². The maximum Gasteiger partial charge on any atom is 0.120 e. The highest BCUT2D eigenvalue weighted by molar-refractivity contribution is 5.85. The van der Waals surface area contributed by atoms with Crippen LogP contribution in [0.2, 0.25) is 0 Å². The van der Waals surface area contributed by atoms with Crippen LogP contribution in [0.4, 0.5) is 0 Å². The molecule has 2 N–H and O–H groups in total. The first-order valence-electron chi connectivity index (χ1n) is 4.20. The van der Waals surface area contributed by atoms with E-state index in [2.05, 4.69) is 0 Å². The summed E-state index contributed by atoms with van der Waals surface area (Å²) in [5.41, 5.74) is 0.741. The van der Waals surface area contributed by atoms with E-state index in [1.165, 1.54) is 12.1 Å². The van der Waals surface area contributed by atoms with Gasteiger partial charge in [0.2, 0.25) is 0 Å². The SMILES string of the molecule is CC(c1cc(O)ccc1O)N(C)C.Cl. The van der Waals surface area contributed by atoms with Gasteiger partial charge < -0.3 is 15.1 Å². The number of benzene rings is 1. The van der Waals surface area contributed by atoms with Gasteiger partial charge >= 0.3 is 0 Å². The molecule has 0 saturated carbocycles. The zero-order chi connectivity index (χ0) is 10.0. The normalized spacial score (nSPS) is 12.3. The van der Waals surface area contributed by atoms with E-state index in [0.29, 0.717) is 0 Å². The lowest BCUT2D eigenvalue weighted by molar-refractivity contribution is 0.310. The smallest absolute Gasteiger partial charge is 0.120 e. The minimum Gasteiger partial charge on any atom is -0.508 e. The lowest BCUT2D eigenvalue weighted by Crippen LogP contribution is -2.16. The van der Waals surface area contributed by atoms with E-state index >= 15 is 0 Å². The van der Waals surface area contributed by atoms with Crippen LogP contribution in [0.15, 0.2) is 18.2 Å². The number of halogens is 1. The molecule has 0 saturated heterocycles. The predicted octanol–water partition coefficient (Wildman–Crippen LogP) is 2.14. The first kappa shape index (κ1) is 13.1. The number of aromatic hydroxyl groups is 2. The van der Waals surface area contributed by atoms with Crippen molar-refractivity contribution in [2.24, 2.45) is 0 Å². The van der Waals surface area contributed by atoms with Gasteiger partial charge in [0.25, 0.3) is 0 Å². The van der Waals surface area contributed by atoms with Gasteiger partial charge in [-0.15, -0.1) is 12.4 Å². The van der Waals surface area contributed by atoms with Crippen molar-refractivity contribution in [1.82, 2.24) is 4.90 Å². The van der Waals surface area contributed by atoms with E-state index in [4.69, 9.17) is 0 Å². The van der Waals surface area contributed by atoms with Crippen molar-refractivity contribution in [2.75, 3.05) is 14.1 Å². The maximum atomic E-state index is 9.52. The Hall–Kier alpha value is -0.930. The summed E-state index contributed by atoms with van der Waals surface area (Å²) in [7, 11) is 3.85. The molecule has 1 aromatic carbocycles. The largest absolute Gasteiger partial charge is 0.508 e. The summed E-state index contributed by atoms with van der Waals surface area (Å²) in [5, 5.41) is 18.8. The van der Waals surface area contributed by atoms with Crippen molar-refractivity contribution in [2.45, 2.75) is 13.0 Å². The fourth-order valence-corrected chi connectivity index (χ4v) is 1.15. The van der Waals surface area contributed by atoms with Crippen LogP contribution in [-0.4, -0.2) is 29.2 Å². The van der Waals surface area contributed by atoms with Gasteiger partial charge in [0.1, 0.15) is 11.5 Å². The highest BCUT2D eigenvalue weighted by Crippen LogP contribution is 2.29. The number of hydrogen-bond donors (Lipinski definition) is 2. The monoisotopic (exact) mass is 217 g/mol. The van der Waals surface area contributed by atoms with E-state index in [-0.39, 0.29) is 29.9 Å². The van der Waals surface area contributed by atoms with E-state index in [1.807, 2.05) is 25.9 Å². The second-order valence-electron chi connectivity index (χ2n) is 3.38. The van der Waals surface area contributed by atoms with Crippen LogP contribution in [0.1, 0.15) is 18.5 Å². The van der Waals surface area contributed by atoms with Crippen LogP contribution >= 0.6 is 12.4 Å². The lowest BCUT2D eigenvalue weighted by atomic mass is 10.1. The zero-order valence-corrected chi connectivity index (χ0v) is 9.38. The average molecular weight is 218 g/mol. The van der Waals surface area contributed by atoms with Crippen molar-refractivity contribution in [3.05, 3.63) is 23.8 Å². The average Bonchev–Trinajstić information content (AvgIpc) is 2.08. The summed E-state index contributed by atoms with van der Waals surface area (Å²) in [6, 6.07) is 4.65. The molecular weight excluding hydrogens is 202 g/mol. The molecule has 1 unspecified atom stereocenters. The summed E-state index contributed by atoms with van der Waals surface area (Å²) in [6.07, 6.45) is 0. The quantitative estimate of drug-likeness (QED) is 0.746. The number of phenolic OH excluding ortho intramolecular Hbond substituents is 2. The molecule has 0 bridgehead atoms. The molecule has 0 fully saturated rings. The minimum absolute atomic E-state index is 0. The van der Waals surface area contributed by atoms with Crippen LogP contribution in [0.5, 0.6) is 11.5 Å². The molecule has 0 aromatic heterocycles. The molecule has 0 radical (unpaired) electrons. The highest BCUT2D eigenvalue weighted by Gasteiger charge is 2.12. The maximum absolute atomic E-state index is 9.52. The summed E-state index contributed by atoms with van der Waals surface area (Å²) in [4.78, 5) is 1.97. The van der Waals surface area contributed by atoms with Gasteiger partial charge in [0.15, 0.2) is 0 Å². The molecule has 0 aliphatic rings. The topological polar surface area (TPSA) is 43.7 Å². The van der Waals surface area contributed by atoms with Crippen molar-refractivity contribution in [1.29, 1.82) is 0 Å². The molecule has 0 aliphatic heterocycles. The Balaban J connectivity index is 0.00000169. The summed E-state index contributed by atoms with van der Waals surface area (Å²) >= 11 is 0. The van der Waals surface area contributed by atoms with E-state index in [9.17, 15) is 10.2 Å². The first-order chi connectivity index (χ1) is 6.02. The number of hydrogen-bond acceptors (Lipinski definition) is 3. The van der Waals surface area contributed by atoms with E-state index in [1.54, 1.807) is 6.07 Å². The van der Waals surface area contributed by atoms with Gasteiger partial charge in [-0.3, -0.25) is 0 Å². The molecule has 0 heterocycles. The molecule has 1 aromatic rings. The van der Waals surface area contributed by atoms with Gasteiger partial charge in [-0.2, -0.15) is 0 Å². The van der Waals surface area contributed by atoms with Crippen LogP contribution in [-0.2, 0) is 0 Å². The van der Waals surface area contributed by atoms with E-state index < -0.39 is 0 Å². The second kappa shape index (κ2) is 5.08. The van der Waals surface area contributed by atoms with Crippen molar-refractivity contribution < 1.29 is 10.2 Å². The van der Waals surface area contributed by atoms with Gasteiger partial charge in [-0.1, -0.05) is 0 Å². The highest BCUT2D eigenvalue weighted by atomic mass is 35.5. The van der Waals surface area contributed by atoms with Crippen LogP contribution < -0.4 is 0 Å². The first-order valence-corrected chi connectivity index (χ1v) is 4.20. The molecule has 4 heteroatoms. The molecule has 3 nitrogen and oxygen atoms in total. The fraction of sp³-hybridized carbons (Fsp3) is 0.400. The summed E-state index contributed by atoms with van der Waals surface area (Å²) in [6.45, 7) is 1.97. The summed E-state index contributed by atoms with van der Waals surface area (Å²) in [5.74, 6) is 0.403. The molecule has 0 amide bonds. The Bertz CT molecular complexity index is 302. The zero-order valence-electron chi connectivity index (χ0n) is 8.56. The Morgan fingerprint density at radius 2 is 1.79 bits per heavy atom. The van der Waals surface area contributed by atoms with Gasteiger partial charge in [0.05, 0.1) is 0 Å². The van der Waals surface area contributed by atoms with Crippen LogP contribution in [0, 0.1) is 0 Å². The van der Waals surface area contributed by atoms with Gasteiger partial charge in [-0.05, 0) is 39.2 Å². The molecule has 0 aliphatic carbocycles. The van der Waals surface area contributed by atoms with Crippen molar-refractivity contribution in [3.63, 3.8) is 0 Å². The number of nitrogens with zero attached hydrogens (tertiary/aromatic N) is 1. The molecule has 0 spiro atoms. The standard InChI is InChI=1S/C10H15NO2.ClH/c1-7(11(2)3)9-6-8(12)4-5-10(9)13;/h4-7,12-13H,1-3H3;1H. The Kier molecular flexibility index (Phi) is 4.74. The summed E-state index contributed by atoms with van der Waals surface area (Å²) < 4.78 is 0. The predicted molar refractivity (Wildman–Crippen MR) is 59.1 cm³/mol. The minimum atomic E-state index is 0. The van der Waals surface area contributed by atoms with Gasteiger partial charge in [-0.25, -0.2) is 0 Å². The van der Waals surface area contributed by atoms with Crippen molar-refractivity contribution >= 4 is 12.4 Å². The molecule has 1 atom stereocenters.